The van der Waals surface area contributed by atoms with Gasteiger partial charge in [0.05, 0.1) is 5.92 Å². The van der Waals surface area contributed by atoms with Gasteiger partial charge in [0.2, 0.25) is 11.8 Å². The summed E-state index contributed by atoms with van der Waals surface area (Å²) in [4.78, 5) is 39.7. The molecule has 0 fully saturated rings. The second-order valence-electron chi connectivity index (χ2n) is 13.0. The summed E-state index contributed by atoms with van der Waals surface area (Å²) >= 11 is 3.48. The van der Waals surface area contributed by atoms with Gasteiger partial charge in [-0.05, 0) is 80.7 Å². The highest BCUT2D eigenvalue weighted by atomic mass is 79.9. The van der Waals surface area contributed by atoms with Crippen LogP contribution in [0.25, 0.3) is 11.1 Å². The van der Waals surface area contributed by atoms with Crippen molar-refractivity contribution >= 4 is 33.7 Å². The lowest BCUT2D eigenvalue weighted by atomic mass is 9.83. The molecular weight excluding hydrogens is 580 g/mol. The Morgan fingerprint density at radius 2 is 1.39 bits per heavy atom. The van der Waals surface area contributed by atoms with E-state index in [2.05, 4.69) is 69.9 Å². The van der Waals surface area contributed by atoms with E-state index in [1.54, 1.807) is 7.05 Å². The quantitative estimate of drug-likeness (QED) is 0.225. The molecule has 0 aliphatic heterocycles. The lowest BCUT2D eigenvalue weighted by molar-refractivity contribution is -0.161. The summed E-state index contributed by atoms with van der Waals surface area (Å²) in [6.07, 6.45) is 4.09. The first-order valence-electron chi connectivity index (χ1n) is 14.7. The van der Waals surface area contributed by atoms with E-state index < -0.39 is 28.9 Å². The molecule has 7 heteroatoms. The highest BCUT2D eigenvalue weighted by molar-refractivity contribution is 9.10. The molecule has 41 heavy (non-hydrogen) atoms. The normalized spacial score (nSPS) is 14.1. The van der Waals surface area contributed by atoms with Crippen LogP contribution < -0.4 is 10.6 Å². The fourth-order valence-corrected chi connectivity index (χ4v) is 5.06. The van der Waals surface area contributed by atoms with Crippen LogP contribution in [-0.4, -0.2) is 36.5 Å². The number of likely N-dealkylation sites (N-methyl/N-ethyl adjacent to an activating group) is 1. The molecule has 6 nitrogen and oxygen atoms in total. The largest absolute Gasteiger partial charge is 0.460 e. The molecule has 0 saturated heterocycles. The van der Waals surface area contributed by atoms with E-state index in [9.17, 15) is 14.4 Å². The number of esters is 1. The zero-order chi connectivity index (χ0) is 30.8. The smallest absolute Gasteiger partial charge is 0.309 e. The van der Waals surface area contributed by atoms with Crippen LogP contribution in [0.15, 0.2) is 53.0 Å². The van der Waals surface area contributed by atoms with Crippen LogP contribution in [0.2, 0.25) is 0 Å². The number of unbranched alkanes of at least 4 members (excludes halogenated alkanes) is 1. The van der Waals surface area contributed by atoms with Crippen molar-refractivity contribution < 1.29 is 19.1 Å². The van der Waals surface area contributed by atoms with Gasteiger partial charge in [-0.15, -0.1) is 0 Å². The molecule has 2 aromatic rings. The van der Waals surface area contributed by atoms with Crippen LogP contribution in [0.5, 0.6) is 0 Å². The van der Waals surface area contributed by atoms with Gasteiger partial charge in [-0.25, -0.2) is 0 Å². The number of benzene rings is 2. The minimum Gasteiger partial charge on any atom is -0.460 e. The molecule has 0 aliphatic rings. The summed E-state index contributed by atoms with van der Waals surface area (Å²) in [6, 6.07) is 15.9. The predicted molar refractivity (Wildman–Crippen MR) is 170 cm³/mol. The van der Waals surface area contributed by atoms with Crippen molar-refractivity contribution in [2.45, 2.75) is 98.6 Å². The molecule has 0 saturated carbocycles. The summed E-state index contributed by atoms with van der Waals surface area (Å²) in [5, 5.41) is 5.70. The minimum atomic E-state index is -0.691. The van der Waals surface area contributed by atoms with Gasteiger partial charge >= 0.3 is 5.97 Å². The Balaban J connectivity index is 2.29. The Morgan fingerprint density at radius 1 is 0.829 bits per heavy atom. The fraction of sp³-hybridized carbons (Fsp3) is 0.559. The first-order valence-corrected chi connectivity index (χ1v) is 15.5. The number of hydrogen-bond donors (Lipinski definition) is 2. The van der Waals surface area contributed by atoms with Crippen LogP contribution in [0.4, 0.5) is 0 Å². The first-order chi connectivity index (χ1) is 19.1. The van der Waals surface area contributed by atoms with Crippen LogP contribution in [0.3, 0.4) is 0 Å². The predicted octanol–water partition coefficient (Wildman–Crippen LogP) is 7.48. The average molecular weight is 630 g/mol. The van der Waals surface area contributed by atoms with Crippen LogP contribution in [0, 0.1) is 17.3 Å². The number of amides is 2. The number of ether oxygens (including phenoxy) is 1. The Hall–Kier alpha value is -2.67. The Kier molecular flexibility index (Phi) is 13.1. The van der Waals surface area contributed by atoms with Gasteiger partial charge < -0.3 is 15.4 Å². The second kappa shape index (κ2) is 15.5. The highest BCUT2D eigenvalue weighted by Gasteiger charge is 2.36. The third kappa shape index (κ3) is 11.6. The van der Waals surface area contributed by atoms with Crippen molar-refractivity contribution in [1.82, 2.24) is 10.6 Å². The fourth-order valence-electron chi connectivity index (χ4n) is 4.79. The van der Waals surface area contributed by atoms with Crippen molar-refractivity contribution in [3.8, 4) is 11.1 Å². The molecule has 2 aromatic carbocycles. The zero-order valence-corrected chi connectivity index (χ0v) is 27.7. The lowest BCUT2D eigenvalue weighted by Crippen LogP contribution is -2.54. The standard InChI is InChI=1S/C34H49BrN2O4/c1-9-10-11-27(32(40)41-34(5,6)7)22-26(30(38)37-29(31(39)36-8)33(2,3)4)17-14-23-12-15-24(16-13-23)25-18-20-28(35)21-19-25/h12-13,15-16,18-21,26-27,29H,9-11,14,17,22H2,1-8H3,(H,36,39)(H,37,38)/t26-,27+,29-/m1/s1. The van der Waals surface area contributed by atoms with Gasteiger partial charge in [-0.2, -0.15) is 0 Å². The maximum atomic E-state index is 13.8. The van der Waals surface area contributed by atoms with E-state index in [0.29, 0.717) is 25.7 Å². The highest BCUT2D eigenvalue weighted by Crippen LogP contribution is 2.28. The second-order valence-corrected chi connectivity index (χ2v) is 13.9. The van der Waals surface area contributed by atoms with Crippen molar-refractivity contribution in [3.63, 3.8) is 0 Å². The van der Waals surface area contributed by atoms with Gasteiger partial charge in [-0.1, -0.05) is 92.9 Å². The van der Waals surface area contributed by atoms with Crippen molar-refractivity contribution in [2.75, 3.05) is 7.05 Å². The molecule has 2 N–H and O–H groups in total. The monoisotopic (exact) mass is 628 g/mol. The average Bonchev–Trinajstić information content (AvgIpc) is 2.90. The van der Waals surface area contributed by atoms with Gasteiger partial charge in [0.15, 0.2) is 0 Å². The molecule has 0 unspecified atom stereocenters. The number of hydrogen-bond acceptors (Lipinski definition) is 4. The molecule has 3 atom stereocenters. The van der Waals surface area contributed by atoms with Gasteiger partial charge in [0.25, 0.3) is 0 Å². The van der Waals surface area contributed by atoms with Crippen LogP contribution in [-0.2, 0) is 25.5 Å². The molecule has 0 heterocycles. The number of rotatable bonds is 13. The van der Waals surface area contributed by atoms with E-state index in [0.717, 1.165) is 34.0 Å². The Labute approximate surface area is 255 Å². The Bertz CT molecular complexity index is 1130. The van der Waals surface area contributed by atoms with E-state index in [1.807, 2.05) is 53.7 Å². The van der Waals surface area contributed by atoms with Crippen LogP contribution in [0.1, 0.15) is 86.1 Å². The summed E-state index contributed by atoms with van der Waals surface area (Å²) in [7, 11) is 1.58. The molecule has 0 bridgehead atoms. The summed E-state index contributed by atoms with van der Waals surface area (Å²) in [5.41, 5.74) is 2.29. The third-order valence-electron chi connectivity index (χ3n) is 7.16. The summed E-state index contributed by atoms with van der Waals surface area (Å²) in [5.74, 6) is -1.54. The maximum Gasteiger partial charge on any atom is 0.309 e. The van der Waals surface area contributed by atoms with E-state index >= 15 is 0 Å². The number of aryl methyl sites for hydroxylation is 1. The van der Waals surface area contributed by atoms with E-state index in [4.69, 9.17) is 4.74 Å². The third-order valence-corrected chi connectivity index (χ3v) is 7.69. The molecule has 226 valence electrons. The SMILES string of the molecule is CCCC[C@@H](C[C@@H](CCc1ccc(-c2ccc(Br)cc2)cc1)C(=O)N[C@H](C(=O)NC)C(C)(C)C)C(=O)OC(C)(C)C. The number of carbonyl (C=O) groups excluding carboxylic acids is 3. The van der Waals surface area contributed by atoms with Gasteiger partial charge in [0, 0.05) is 17.4 Å². The van der Waals surface area contributed by atoms with Gasteiger partial charge in [0.1, 0.15) is 11.6 Å². The van der Waals surface area contributed by atoms with E-state index in [-0.39, 0.29) is 17.8 Å². The molecule has 0 spiro atoms. The summed E-state index contributed by atoms with van der Waals surface area (Å²) in [6.45, 7) is 13.5. The van der Waals surface area contributed by atoms with Gasteiger partial charge in [-0.3, -0.25) is 14.4 Å². The van der Waals surface area contributed by atoms with Crippen LogP contribution >= 0.6 is 15.9 Å². The number of halogens is 1. The van der Waals surface area contributed by atoms with E-state index in [1.165, 1.54) is 0 Å². The molecule has 0 aromatic heterocycles. The van der Waals surface area contributed by atoms with Crippen molar-refractivity contribution in [2.24, 2.45) is 17.3 Å². The minimum absolute atomic E-state index is 0.204. The van der Waals surface area contributed by atoms with Crippen molar-refractivity contribution in [3.05, 3.63) is 58.6 Å². The molecule has 2 amide bonds. The molecule has 2 rings (SSSR count). The van der Waals surface area contributed by atoms with Crippen molar-refractivity contribution in [1.29, 1.82) is 0 Å². The Morgan fingerprint density at radius 3 is 1.88 bits per heavy atom. The lowest BCUT2D eigenvalue weighted by Gasteiger charge is -2.32. The topological polar surface area (TPSA) is 84.5 Å². The first kappa shape index (κ1) is 34.5. The molecule has 0 aliphatic carbocycles. The summed E-state index contributed by atoms with van der Waals surface area (Å²) < 4.78 is 6.79. The molecule has 0 radical (unpaired) electrons. The number of nitrogens with one attached hydrogen (secondary N) is 2. The molecular formula is C34H49BrN2O4. The zero-order valence-electron chi connectivity index (χ0n) is 26.1. The maximum absolute atomic E-state index is 13.8. The number of carbonyl (C=O) groups is 3.